The number of benzene rings is 2. The lowest BCUT2D eigenvalue weighted by atomic mass is 10.0. The van der Waals surface area contributed by atoms with Crippen molar-refractivity contribution in [2.45, 2.75) is 74.5 Å². The van der Waals surface area contributed by atoms with Crippen LogP contribution >= 0.6 is 0 Å². The van der Waals surface area contributed by atoms with Gasteiger partial charge in [0, 0.05) is 5.56 Å². The molecule has 2 N–H and O–H groups in total. The van der Waals surface area contributed by atoms with Crippen molar-refractivity contribution in [2.75, 3.05) is 0 Å². The Labute approximate surface area is 185 Å². The van der Waals surface area contributed by atoms with E-state index in [1.54, 1.807) is 0 Å². The molecule has 0 aliphatic carbocycles. The standard InChI is InChI=1S/C22H30O7S2/c1-2-3-4-5-6-7-8-9-13-18-19(15-12-17-21(18)30(23,24)25)29-20-14-10-11-16-22(20)31(26,27)28/h10-12,14-17H,2-9,13H2,1H3,(H,23,24,25)(H,26,27,28). The molecular formula is C22H30O7S2. The topological polar surface area (TPSA) is 118 Å². The van der Waals surface area contributed by atoms with Crippen molar-refractivity contribution in [2.24, 2.45) is 0 Å². The Kier molecular flexibility index (Phi) is 9.49. The van der Waals surface area contributed by atoms with Crippen LogP contribution in [0.2, 0.25) is 0 Å². The second kappa shape index (κ2) is 11.6. The van der Waals surface area contributed by atoms with Crippen molar-refractivity contribution in [1.29, 1.82) is 0 Å². The van der Waals surface area contributed by atoms with Gasteiger partial charge in [-0.3, -0.25) is 9.11 Å². The van der Waals surface area contributed by atoms with E-state index in [2.05, 4.69) is 6.92 Å². The molecule has 0 saturated carbocycles. The number of hydrogen-bond acceptors (Lipinski definition) is 5. The van der Waals surface area contributed by atoms with Gasteiger partial charge in [0.2, 0.25) is 0 Å². The number of hydrogen-bond donors (Lipinski definition) is 2. The van der Waals surface area contributed by atoms with Gasteiger partial charge in [-0.05, 0) is 37.1 Å². The van der Waals surface area contributed by atoms with Crippen molar-refractivity contribution < 1.29 is 30.7 Å². The van der Waals surface area contributed by atoms with Gasteiger partial charge in [0.05, 0.1) is 0 Å². The molecule has 2 aromatic rings. The predicted octanol–water partition coefficient (Wildman–Crippen LogP) is 5.66. The number of para-hydroxylation sites is 1. The zero-order valence-corrected chi connectivity index (χ0v) is 19.3. The summed E-state index contributed by atoms with van der Waals surface area (Å²) >= 11 is 0. The Morgan fingerprint density at radius 3 is 1.81 bits per heavy atom. The second-order valence-corrected chi connectivity index (χ2v) is 10.2. The maximum Gasteiger partial charge on any atom is 0.298 e. The van der Waals surface area contributed by atoms with Gasteiger partial charge < -0.3 is 4.74 Å². The molecule has 0 saturated heterocycles. The SMILES string of the molecule is CCCCCCCCCCc1c(Oc2ccccc2S(=O)(=O)O)cccc1S(=O)(=O)O. The van der Waals surface area contributed by atoms with Crippen molar-refractivity contribution in [3.8, 4) is 11.5 Å². The molecule has 0 aliphatic rings. The average molecular weight is 471 g/mol. The Morgan fingerprint density at radius 1 is 0.677 bits per heavy atom. The third-order valence-electron chi connectivity index (χ3n) is 5.00. The molecule has 2 rings (SSSR count). The quantitative estimate of drug-likeness (QED) is 0.287. The van der Waals surface area contributed by atoms with E-state index in [1.165, 1.54) is 68.1 Å². The molecule has 172 valence electrons. The van der Waals surface area contributed by atoms with E-state index in [-0.39, 0.29) is 22.0 Å². The molecule has 0 heterocycles. The van der Waals surface area contributed by atoms with E-state index in [9.17, 15) is 25.9 Å². The molecule has 0 bridgehead atoms. The highest BCUT2D eigenvalue weighted by atomic mass is 32.2. The van der Waals surface area contributed by atoms with Gasteiger partial charge in [0.1, 0.15) is 21.3 Å². The first-order valence-electron chi connectivity index (χ1n) is 10.5. The summed E-state index contributed by atoms with van der Waals surface area (Å²) in [6.07, 6.45) is 8.88. The molecule has 0 radical (unpaired) electrons. The number of ether oxygens (including phenoxy) is 1. The van der Waals surface area contributed by atoms with Crippen LogP contribution in [-0.4, -0.2) is 25.9 Å². The van der Waals surface area contributed by atoms with Gasteiger partial charge in [0.15, 0.2) is 0 Å². The van der Waals surface area contributed by atoms with Crippen LogP contribution in [0, 0.1) is 0 Å². The number of rotatable bonds is 13. The fourth-order valence-electron chi connectivity index (χ4n) is 3.43. The van der Waals surface area contributed by atoms with Crippen molar-refractivity contribution in [3.05, 3.63) is 48.0 Å². The summed E-state index contributed by atoms with van der Waals surface area (Å²) in [4.78, 5) is -0.692. The Balaban J connectivity index is 2.21. The first-order valence-corrected chi connectivity index (χ1v) is 13.4. The summed E-state index contributed by atoms with van der Waals surface area (Å²) in [6.45, 7) is 2.17. The molecule has 0 fully saturated rings. The van der Waals surface area contributed by atoms with Crippen LogP contribution < -0.4 is 4.74 Å². The highest BCUT2D eigenvalue weighted by molar-refractivity contribution is 7.86. The Bertz CT molecular complexity index is 1060. The van der Waals surface area contributed by atoms with E-state index in [0.717, 1.165) is 19.3 Å². The van der Waals surface area contributed by atoms with Crippen LogP contribution in [0.4, 0.5) is 0 Å². The van der Waals surface area contributed by atoms with Gasteiger partial charge in [-0.15, -0.1) is 0 Å². The molecule has 0 spiro atoms. The van der Waals surface area contributed by atoms with Crippen LogP contribution in [-0.2, 0) is 26.7 Å². The van der Waals surface area contributed by atoms with E-state index < -0.39 is 25.1 Å². The van der Waals surface area contributed by atoms with Crippen LogP contribution in [0.15, 0.2) is 52.3 Å². The highest BCUT2D eigenvalue weighted by Gasteiger charge is 2.22. The highest BCUT2D eigenvalue weighted by Crippen LogP contribution is 2.34. The minimum atomic E-state index is -4.53. The van der Waals surface area contributed by atoms with E-state index in [0.29, 0.717) is 12.8 Å². The second-order valence-electron chi connectivity index (χ2n) is 7.46. The predicted molar refractivity (Wildman–Crippen MR) is 119 cm³/mol. The molecule has 0 aliphatic heterocycles. The minimum absolute atomic E-state index is 0.120. The monoisotopic (exact) mass is 470 g/mol. The van der Waals surface area contributed by atoms with Gasteiger partial charge >= 0.3 is 0 Å². The molecular weight excluding hydrogens is 440 g/mol. The van der Waals surface area contributed by atoms with Gasteiger partial charge in [0.25, 0.3) is 20.2 Å². The zero-order valence-electron chi connectivity index (χ0n) is 17.7. The Hall–Kier alpha value is -1.94. The van der Waals surface area contributed by atoms with Crippen molar-refractivity contribution >= 4 is 20.2 Å². The summed E-state index contributed by atoms with van der Waals surface area (Å²) in [5, 5.41) is 0. The summed E-state index contributed by atoms with van der Waals surface area (Å²) in [5.74, 6) is -0.0103. The zero-order chi connectivity index (χ0) is 22.9. The van der Waals surface area contributed by atoms with Crippen LogP contribution in [0.25, 0.3) is 0 Å². The van der Waals surface area contributed by atoms with E-state index >= 15 is 0 Å². The van der Waals surface area contributed by atoms with Crippen molar-refractivity contribution in [3.63, 3.8) is 0 Å². The maximum atomic E-state index is 11.9. The minimum Gasteiger partial charge on any atom is -0.456 e. The normalized spacial score (nSPS) is 12.1. The molecule has 9 heteroatoms. The summed E-state index contributed by atoms with van der Waals surface area (Å²) in [5.41, 5.74) is 0.279. The largest absolute Gasteiger partial charge is 0.456 e. The first-order chi connectivity index (χ1) is 14.6. The van der Waals surface area contributed by atoms with Crippen molar-refractivity contribution in [1.82, 2.24) is 0 Å². The molecule has 0 aromatic heterocycles. The Morgan fingerprint density at radius 2 is 1.19 bits per heavy atom. The third kappa shape index (κ3) is 7.92. The maximum absolute atomic E-state index is 11.9. The fraction of sp³-hybridized carbons (Fsp3) is 0.455. The molecule has 0 unspecified atom stereocenters. The first kappa shape index (κ1) is 25.3. The lowest BCUT2D eigenvalue weighted by molar-refractivity contribution is 0.440. The van der Waals surface area contributed by atoms with Crippen LogP contribution in [0.5, 0.6) is 11.5 Å². The van der Waals surface area contributed by atoms with E-state index in [4.69, 9.17) is 4.74 Å². The third-order valence-corrected chi connectivity index (χ3v) is 6.83. The summed E-state index contributed by atoms with van der Waals surface area (Å²) in [7, 11) is -9.02. The van der Waals surface area contributed by atoms with Crippen LogP contribution in [0.1, 0.15) is 63.9 Å². The van der Waals surface area contributed by atoms with Crippen LogP contribution in [0.3, 0.4) is 0 Å². The lowest BCUT2D eigenvalue weighted by Gasteiger charge is -2.15. The van der Waals surface area contributed by atoms with Gasteiger partial charge in [-0.2, -0.15) is 16.8 Å². The molecule has 2 aromatic carbocycles. The number of unbranched alkanes of at least 4 members (excludes halogenated alkanes) is 7. The van der Waals surface area contributed by atoms with Gasteiger partial charge in [-0.1, -0.05) is 70.1 Å². The molecule has 0 amide bonds. The smallest absolute Gasteiger partial charge is 0.298 e. The summed E-state index contributed by atoms with van der Waals surface area (Å²) in [6, 6.07) is 9.73. The fourth-order valence-corrected chi connectivity index (χ4v) is 4.81. The van der Waals surface area contributed by atoms with E-state index in [1.807, 2.05) is 0 Å². The molecule has 0 atom stereocenters. The molecule has 7 nitrogen and oxygen atoms in total. The molecule has 31 heavy (non-hydrogen) atoms. The summed E-state index contributed by atoms with van der Waals surface area (Å²) < 4.78 is 71.8. The lowest BCUT2D eigenvalue weighted by Crippen LogP contribution is -2.06. The van der Waals surface area contributed by atoms with Gasteiger partial charge in [-0.25, -0.2) is 0 Å². The average Bonchev–Trinajstić information content (AvgIpc) is 2.69.